The number of aliphatic carboxylic acids is 1. The van der Waals surface area contributed by atoms with Crippen LogP contribution in [0.15, 0.2) is 24.3 Å². The number of carboxylic acid groups (broad SMARTS) is 1. The summed E-state index contributed by atoms with van der Waals surface area (Å²) >= 11 is 6.01. The smallest absolute Gasteiger partial charge is 0.326 e. The van der Waals surface area contributed by atoms with Crippen LogP contribution in [0.3, 0.4) is 0 Å². The van der Waals surface area contributed by atoms with Crippen LogP contribution in [0.2, 0.25) is 5.02 Å². The number of amides is 1. The number of hydrogen-bond donors (Lipinski definition) is 2. The Labute approximate surface area is 124 Å². The van der Waals surface area contributed by atoms with Crippen LogP contribution in [-0.4, -0.2) is 23.0 Å². The summed E-state index contributed by atoms with van der Waals surface area (Å²) in [5, 5.41) is 12.2. The molecule has 0 radical (unpaired) electrons. The highest BCUT2D eigenvalue weighted by Gasteiger charge is 2.18. The van der Waals surface area contributed by atoms with Crippen molar-refractivity contribution in [3.05, 3.63) is 34.9 Å². The average molecular weight is 298 g/mol. The summed E-state index contributed by atoms with van der Waals surface area (Å²) in [4.78, 5) is 22.8. The van der Waals surface area contributed by atoms with E-state index in [-0.39, 0.29) is 12.3 Å². The lowest BCUT2D eigenvalue weighted by atomic mass is 10.1. The first-order valence-electron chi connectivity index (χ1n) is 6.80. The predicted molar refractivity (Wildman–Crippen MR) is 78.9 cm³/mol. The second-order valence-corrected chi connectivity index (χ2v) is 5.10. The van der Waals surface area contributed by atoms with Gasteiger partial charge in [-0.25, -0.2) is 4.79 Å². The summed E-state index contributed by atoms with van der Waals surface area (Å²) in [5.74, 6) is -1.24. The van der Waals surface area contributed by atoms with Gasteiger partial charge >= 0.3 is 5.97 Å². The van der Waals surface area contributed by atoms with Crippen molar-refractivity contribution in [3.63, 3.8) is 0 Å². The van der Waals surface area contributed by atoms with Gasteiger partial charge in [0.15, 0.2) is 0 Å². The first-order chi connectivity index (χ1) is 9.54. The lowest BCUT2D eigenvalue weighted by molar-refractivity contribution is -0.142. The number of nitrogens with one attached hydrogen (secondary N) is 1. The van der Waals surface area contributed by atoms with Crippen LogP contribution in [0.4, 0.5) is 0 Å². The Hall–Kier alpha value is -1.55. The van der Waals surface area contributed by atoms with E-state index in [1.807, 2.05) is 25.1 Å². The fourth-order valence-electron chi connectivity index (χ4n) is 1.88. The highest BCUT2D eigenvalue weighted by Crippen LogP contribution is 2.16. The molecule has 5 heteroatoms. The largest absolute Gasteiger partial charge is 0.480 e. The SMILES string of the molecule is CCCC[C@H](NC(=O)CCc1ccccc1Cl)C(=O)O. The fraction of sp³-hybridized carbons (Fsp3) is 0.467. The lowest BCUT2D eigenvalue weighted by Gasteiger charge is -2.14. The van der Waals surface area contributed by atoms with Gasteiger partial charge in [-0.2, -0.15) is 0 Å². The van der Waals surface area contributed by atoms with E-state index in [1.54, 1.807) is 6.07 Å². The molecule has 0 aliphatic rings. The third kappa shape index (κ3) is 5.61. The fourth-order valence-corrected chi connectivity index (χ4v) is 2.11. The highest BCUT2D eigenvalue weighted by atomic mass is 35.5. The van der Waals surface area contributed by atoms with Crippen molar-refractivity contribution >= 4 is 23.5 Å². The molecule has 0 saturated carbocycles. The topological polar surface area (TPSA) is 66.4 Å². The molecule has 2 N–H and O–H groups in total. The Morgan fingerprint density at radius 1 is 1.35 bits per heavy atom. The van der Waals surface area contributed by atoms with Crippen molar-refractivity contribution in [2.75, 3.05) is 0 Å². The molecule has 20 heavy (non-hydrogen) atoms. The maximum atomic E-state index is 11.8. The Kier molecular flexibility index (Phi) is 7.09. The maximum absolute atomic E-state index is 11.8. The van der Waals surface area contributed by atoms with Gasteiger partial charge < -0.3 is 10.4 Å². The number of benzene rings is 1. The summed E-state index contributed by atoms with van der Waals surface area (Å²) in [7, 11) is 0. The molecule has 1 amide bonds. The van der Waals surface area contributed by atoms with Crippen LogP contribution in [0.5, 0.6) is 0 Å². The van der Waals surface area contributed by atoms with E-state index in [9.17, 15) is 9.59 Å². The first kappa shape index (κ1) is 16.5. The molecule has 1 aromatic carbocycles. The Morgan fingerprint density at radius 3 is 2.65 bits per heavy atom. The van der Waals surface area contributed by atoms with Crippen LogP contribution < -0.4 is 5.32 Å². The third-order valence-electron chi connectivity index (χ3n) is 3.06. The molecule has 0 bridgehead atoms. The second kappa shape index (κ2) is 8.59. The van der Waals surface area contributed by atoms with Gasteiger partial charge in [-0.3, -0.25) is 4.79 Å². The number of hydrogen-bond acceptors (Lipinski definition) is 2. The summed E-state index contributed by atoms with van der Waals surface area (Å²) in [6.45, 7) is 1.98. The molecule has 0 fully saturated rings. The minimum absolute atomic E-state index is 0.236. The van der Waals surface area contributed by atoms with Gasteiger partial charge in [0, 0.05) is 11.4 Å². The van der Waals surface area contributed by atoms with E-state index in [4.69, 9.17) is 16.7 Å². The Balaban J connectivity index is 2.46. The lowest BCUT2D eigenvalue weighted by Crippen LogP contribution is -2.40. The van der Waals surface area contributed by atoms with Gasteiger partial charge in [0.25, 0.3) is 0 Å². The Bertz CT molecular complexity index is 462. The van der Waals surface area contributed by atoms with Crippen molar-refractivity contribution in [2.45, 2.75) is 45.1 Å². The summed E-state index contributed by atoms with van der Waals surface area (Å²) in [5.41, 5.74) is 0.893. The molecule has 1 atom stereocenters. The zero-order chi connectivity index (χ0) is 15.0. The van der Waals surface area contributed by atoms with Crippen LogP contribution in [0.1, 0.15) is 38.2 Å². The number of rotatable bonds is 8. The Morgan fingerprint density at radius 2 is 2.05 bits per heavy atom. The van der Waals surface area contributed by atoms with Crippen LogP contribution in [0, 0.1) is 0 Å². The first-order valence-corrected chi connectivity index (χ1v) is 7.18. The molecule has 0 aliphatic carbocycles. The molecule has 0 aliphatic heterocycles. The monoisotopic (exact) mass is 297 g/mol. The summed E-state index contributed by atoms with van der Waals surface area (Å²) in [6.07, 6.45) is 2.88. The molecule has 0 saturated heterocycles. The quantitative estimate of drug-likeness (QED) is 0.775. The summed E-state index contributed by atoms with van der Waals surface area (Å²) in [6, 6.07) is 6.53. The van der Waals surface area contributed by atoms with Gasteiger partial charge in [-0.1, -0.05) is 49.6 Å². The zero-order valence-corrected chi connectivity index (χ0v) is 12.3. The van der Waals surface area contributed by atoms with E-state index in [0.717, 1.165) is 18.4 Å². The molecule has 0 spiro atoms. The number of halogens is 1. The second-order valence-electron chi connectivity index (χ2n) is 4.69. The highest BCUT2D eigenvalue weighted by molar-refractivity contribution is 6.31. The molecule has 4 nitrogen and oxygen atoms in total. The minimum Gasteiger partial charge on any atom is -0.480 e. The molecule has 110 valence electrons. The molecular weight excluding hydrogens is 278 g/mol. The molecule has 1 aromatic rings. The van der Waals surface area contributed by atoms with E-state index in [2.05, 4.69) is 5.32 Å². The van der Waals surface area contributed by atoms with Gasteiger partial charge in [0.05, 0.1) is 0 Å². The van der Waals surface area contributed by atoms with Gasteiger partial charge in [0.1, 0.15) is 6.04 Å². The van der Waals surface area contributed by atoms with E-state index < -0.39 is 12.0 Å². The third-order valence-corrected chi connectivity index (χ3v) is 3.43. The standard InChI is InChI=1S/C15H20ClNO3/c1-2-3-8-13(15(19)20)17-14(18)10-9-11-6-4-5-7-12(11)16/h4-7,13H,2-3,8-10H2,1H3,(H,17,18)(H,19,20)/t13-/m0/s1. The number of unbranched alkanes of at least 4 members (excludes halogenated alkanes) is 1. The minimum atomic E-state index is -0.982. The molecule has 0 unspecified atom stereocenters. The van der Waals surface area contributed by atoms with Crippen molar-refractivity contribution in [2.24, 2.45) is 0 Å². The van der Waals surface area contributed by atoms with Crippen LogP contribution in [0.25, 0.3) is 0 Å². The van der Waals surface area contributed by atoms with Crippen LogP contribution in [-0.2, 0) is 16.0 Å². The maximum Gasteiger partial charge on any atom is 0.326 e. The average Bonchev–Trinajstić information content (AvgIpc) is 2.42. The van der Waals surface area contributed by atoms with Crippen molar-refractivity contribution < 1.29 is 14.7 Å². The predicted octanol–water partition coefficient (Wildman–Crippen LogP) is 3.03. The molecule has 0 heterocycles. The number of aryl methyl sites for hydroxylation is 1. The zero-order valence-electron chi connectivity index (χ0n) is 11.6. The van der Waals surface area contributed by atoms with E-state index in [0.29, 0.717) is 17.9 Å². The molecule has 0 aromatic heterocycles. The molecule has 1 rings (SSSR count). The van der Waals surface area contributed by atoms with Crippen molar-refractivity contribution in [3.8, 4) is 0 Å². The van der Waals surface area contributed by atoms with E-state index >= 15 is 0 Å². The van der Waals surface area contributed by atoms with Gasteiger partial charge in [-0.05, 0) is 24.5 Å². The van der Waals surface area contributed by atoms with Crippen LogP contribution >= 0.6 is 11.6 Å². The van der Waals surface area contributed by atoms with Gasteiger partial charge in [0.2, 0.25) is 5.91 Å². The van der Waals surface area contributed by atoms with Crippen molar-refractivity contribution in [1.29, 1.82) is 0 Å². The number of carbonyl (C=O) groups excluding carboxylic acids is 1. The van der Waals surface area contributed by atoms with Gasteiger partial charge in [-0.15, -0.1) is 0 Å². The normalized spacial score (nSPS) is 11.9. The number of carboxylic acids is 1. The summed E-state index contributed by atoms with van der Waals surface area (Å²) < 4.78 is 0. The molecular formula is C15H20ClNO3. The number of carbonyl (C=O) groups is 2. The van der Waals surface area contributed by atoms with Crippen molar-refractivity contribution in [1.82, 2.24) is 5.32 Å². The van der Waals surface area contributed by atoms with E-state index in [1.165, 1.54) is 0 Å².